The van der Waals surface area contributed by atoms with Crippen LogP contribution in [-0.4, -0.2) is 5.91 Å². The lowest BCUT2D eigenvalue weighted by Gasteiger charge is -2.10. The van der Waals surface area contributed by atoms with Gasteiger partial charge in [0.2, 0.25) is 0 Å². The van der Waals surface area contributed by atoms with Crippen LogP contribution in [0.15, 0.2) is 40.9 Å². The van der Waals surface area contributed by atoms with Gasteiger partial charge in [0.05, 0.1) is 5.02 Å². The van der Waals surface area contributed by atoms with Crippen LogP contribution >= 0.6 is 27.5 Å². The summed E-state index contributed by atoms with van der Waals surface area (Å²) in [6.45, 7) is 4.01. The summed E-state index contributed by atoms with van der Waals surface area (Å²) < 4.78 is 0.711. The van der Waals surface area contributed by atoms with Gasteiger partial charge in [-0.25, -0.2) is 0 Å². The van der Waals surface area contributed by atoms with Crippen molar-refractivity contribution in [1.29, 1.82) is 0 Å². The number of nitrogens with one attached hydrogen (secondary N) is 1. The summed E-state index contributed by atoms with van der Waals surface area (Å²) in [5.41, 5.74) is 3.62. The molecular formula is C15H13BrClNO. The van der Waals surface area contributed by atoms with Crippen molar-refractivity contribution in [3.05, 3.63) is 62.6 Å². The molecule has 2 rings (SSSR count). The van der Waals surface area contributed by atoms with E-state index < -0.39 is 0 Å². The first-order valence-electron chi connectivity index (χ1n) is 5.81. The number of rotatable bonds is 2. The Morgan fingerprint density at radius 2 is 1.95 bits per heavy atom. The van der Waals surface area contributed by atoms with Crippen molar-refractivity contribution in [1.82, 2.24) is 0 Å². The molecule has 0 spiro atoms. The van der Waals surface area contributed by atoms with Crippen molar-refractivity contribution in [3.8, 4) is 0 Å². The lowest BCUT2D eigenvalue weighted by Crippen LogP contribution is -2.13. The van der Waals surface area contributed by atoms with Gasteiger partial charge in [0.1, 0.15) is 0 Å². The van der Waals surface area contributed by atoms with E-state index in [1.807, 2.05) is 32.0 Å². The van der Waals surface area contributed by atoms with Gasteiger partial charge in [-0.1, -0.05) is 23.7 Å². The Morgan fingerprint density at radius 1 is 1.21 bits per heavy atom. The average molecular weight is 339 g/mol. The molecule has 0 aliphatic heterocycles. The molecule has 0 aliphatic carbocycles. The van der Waals surface area contributed by atoms with Crippen molar-refractivity contribution in [2.75, 3.05) is 5.32 Å². The zero-order chi connectivity index (χ0) is 14.0. The third-order valence-electron chi connectivity index (χ3n) is 3.03. The van der Waals surface area contributed by atoms with Crippen LogP contribution in [0.5, 0.6) is 0 Å². The summed E-state index contributed by atoms with van der Waals surface area (Å²) in [6.07, 6.45) is 0. The summed E-state index contributed by atoms with van der Waals surface area (Å²) in [4.78, 5) is 12.2. The minimum absolute atomic E-state index is 0.147. The van der Waals surface area contributed by atoms with E-state index >= 15 is 0 Å². The predicted molar refractivity (Wildman–Crippen MR) is 83.0 cm³/mol. The smallest absolute Gasteiger partial charge is 0.255 e. The van der Waals surface area contributed by atoms with Crippen molar-refractivity contribution in [3.63, 3.8) is 0 Å². The van der Waals surface area contributed by atoms with Crippen LogP contribution in [0, 0.1) is 13.8 Å². The third kappa shape index (κ3) is 3.17. The molecule has 0 unspecified atom stereocenters. The van der Waals surface area contributed by atoms with E-state index in [2.05, 4.69) is 21.2 Å². The van der Waals surface area contributed by atoms with Crippen LogP contribution in [-0.2, 0) is 0 Å². The SMILES string of the molecule is Cc1cccc(NC(=O)c2ccc(Cl)c(Br)c2)c1C. The summed E-state index contributed by atoms with van der Waals surface area (Å²) in [5.74, 6) is -0.147. The van der Waals surface area contributed by atoms with Gasteiger partial charge in [-0.05, 0) is 65.2 Å². The van der Waals surface area contributed by atoms with E-state index in [1.165, 1.54) is 0 Å². The van der Waals surface area contributed by atoms with E-state index in [9.17, 15) is 4.79 Å². The zero-order valence-corrected chi connectivity index (χ0v) is 13.0. The van der Waals surface area contributed by atoms with Crippen molar-refractivity contribution >= 4 is 39.1 Å². The fourth-order valence-electron chi connectivity index (χ4n) is 1.72. The van der Waals surface area contributed by atoms with E-state index in [-0.39, 0.29) is 5.91 Å². The van der Waals surface area contributed by atoms with E-state index in [4.69, 9.17) is 11.6 Å². The van der Waals surface area contributed by atoms with Gasteiger partial charge in [0, 0.05) is 15.7 Å². The number of hydrogen-bond donors (Lipinski definition) is 1. The second kappa shape index (κ2) is 5.76. The lowest BCUT2D eigenvalue weighted by molar-refractivity contribution is 0.102. The fourth-order valence-corrected chi connectivity index (χ4v) is 2.21. The zero-order valence-electron chi connectivity index (χ0n) is 10.6. The van der Waals surface area contributed by atoms with Crippen LogP contribution < -0.4 is 5.32 Å². The first-order chi connectivity index (χ1) is 8.99. The molecule has 2 aromatic rings. The Morgan fingerprint density at radius 3 is 2.63 bits per heavy atom. The van der Waals surface area contributed by atoms with E-state index in [0.717, 1.165) is 16.8 Å². The molecular weight excluding hydrogens is 326 g/mol. The first kappa shape index (κ1) is 14.1. The summed E-state index contributed by atoms with van der Waals surface area (Å²) >= 11 is 9.23. The van der Waals surface area contributed by atoms with Crippen molar-refractivity contribution in [2.45, 2.75) is 13.8 Å². The van der Waals surface area contributed by atoms with Crippen LogP contribution in [0.3, 0.4) is 0 Å². The largest absolute Gasteiger partial charge is 0.322 e. The second-order valence-corrected chi connectivity index (χ2v) is 5.59. The predicted octanol–water partition coefficient (Wildman–Crippen LogP) is 4.97. The molecule has 0 saturated carbocycles. The highest BCUT2D eigenvalue weighted by molar-refractivity contribution is 9.10. The van der Waals surface area contributed by atoms with Gasteiger partial charge in [0.25, 0.3) is 5.91 Å². The van der Waals surface area contributed by atoms with Gasteiger partial charge in [0.15, 0.2) is 0 Å². The number of carbonyl (C=O) groups is 1. The van der Waals surface area contributed by atoms with E-state index in [0.29, 0.717) is 15.1 Å². The van der Waals surface area contributed by atoms with Gasteiger partial charge >= 0.3 is 0 Å². The molecule has 1 amide bonds. The molecule has 0 bridgehead atoms. The number of aryl methyl sites for hydroxylation is 1. The van der Waals surface area contributed by atoms with Gasteiger partial charge in [-0.2, -0.15) is 0 Å². The number of carbonyl (C=O) groups excluding carboxylic acids is 1. The van der Waals surface area contributed by atoms with Crippen LogP contribution in [0.1, 0.15) is 21.5 Å². The molecule has 0 aromatic heterocycles. The molecule has 1 N–H and O–H groups in total. The highest BCUT2D eigenvalue weighted by atomic mass is 79.9. The van der Waals surface area contributed by atoms with Crippen molar-refractivity contribution in [2.24, 2.45) is 0 Å². The minimum atomic E-state index is -0.147. The molecule has 4 heteroatoms. The number of amides is 1. The summed E-state index contributed by atoms with van der Waals surface area (Å²) in [7, 11) is 0. The first-order valence-corrected chi connectivity index (χ1v) is 6.99. The molecule has 2 aromatic carbocycles. The molecule has 98 valence electrons. The molecule has 2 nitrogen and oxygen atoms in total. The number of benzene rings is 2. The Kier molecular flexibility index (Phi) is 4.27. The number of anilines is 1. The van der Waals surface area contributed by atoms with E-state index in [1.54, 1.807) is 18.2 Å². The Labute approximate surface area is 125 Å². The van der Waals surface area contributed by atoms with Gasteiger partial charge in [-0.3, -0.25) is 4.79 Å². The molecule has 0 saturated heterocycles. The fraction of sp³-hybridized carbons (Fsp3) is 0.133. The molecule has 0 atom stereocenters. The third-order valence-corrected chi connectivity index (χ3v) is 4.25. The number of hydrogen-bond acceptors (Lipinski definition) is 1. The quantitative estimate of drug-likeness (QED) is 0.823. The lowest BCUT2D eigenvalue weighted by atomic mass is 10.1. The summed E-state index contributed by atoms with van der Waals surface area (Å²) in [5, 5.41) is 3.50. The molecule has 19 heavy (non-hydrogen) atoms. The Bertz CT molecular complexity index is 640. The Balaban J connectivity index is 2.26. The molecule has 0 fully saturated rings. The maximum Gasteiger partial charge on any atom is 0.255 e. The monoisotopic (exact) mass is 337 g/mol. The number of halogens is 2. The molecule has 0 aliphatic rings. The average Bonchev–Trinajstić information content (AvgIpc) is 2.38. The van der Waals surface area contributed by atoms with Crippen LogP contribution in [0.25, 0.3) is 0 Å². The highest BCUT2D eigenvalue weighted by Crippen LogP contribution is 2.24. The minimum Gasteiger partial charge on any atom is -0.322 e. The van der Waals surface area contributed by atoms with Crippen molar-refractivity contribution < 1.29 is 4.79 Å². The summed E-state index contributed by atoms with van der Waals surface area (Å²) in [6, 6.07) is 10.9. The Hall–Kier alpha value is -1.32. The molecule has 0 heterocycles. The normalized spacial score (nSPS) is 10.3. The van der Waals surface area contributed by atoms with Crippen LogP contribution in [0.4, 0.5) is 5.69 Å². The standard InChI is InChI=1S/C15H13BrClNO/c1-9-4-3-5-14(10(9)2)18-15(19)11-6-7-13(17)12(16)8-11/h3-8H,1-2H3,(H,18,19). The highest BCUT2D eigenvalue weighted by Gasteiger charge is 2.10. The van der Waals surface area contributed by atoms with Gasteiger partial charge in [-0.15, -0.1) is 0 Å². The maximum absolute atomic E-state index is 12.2. The second-order valence-electron chi connectivity index (χ2n) is 4.33. The van der Waals surface area contributed by atoms with Crippen LogP contribution in [0.2, 0.25) is 5.02 Å². The van der Waals surface area contributed by atoms with Gasteiger partial charge < -0.3 is 5.32 Å². The molecule has 0 radical (unpaired) electrons. The maximum atomic E-state index is 12.2. The topological polar surface area (TPSA) is 29.1 Å².